The predicted octanol–water partition coefficient (Wildman–Crippen LogP) is 4.43. The monoisotopic (exact) mass is 460 g/mol. The van der Waals surface area contributed by atoms with Gasteiger partial charge < -0.3 is 4.90 Å². The molecule has 0 aliphatic carbocycles. The minimum absolute atomic E-state index is 0.0383. The number of hydrogen-bond acceptors (Lipinski definition) is 7. The number of nitrogens with zero attached hydrogens (tertiary/aromatic N) is 4. The summed E-state index contributed by atoms with van der Waals surface area (Å²) in [5, 5.41) is 12.0. The van der Waals surface area contributed by atoms with Crippen molar-refractivity contribution >= 4 is 23.2 Å². The van der Waals surface area contributed by atoms with E-state index < -0.39 is 10.8 Å². The third-order valence-corrected chi connectivity index (χ3v) is 6.19. The van der Waals surface area contributed by atoms with Gasteiger partial charge in [-0.1, -0.05) is 67.6 Å². The molecular weight excluding hydrogens is 432 g/mol. The molecule has 1 amide bonds. The molecule has 1 aliphatic rings. The van der Waals surface area contributed by atoms with E-state index in [0.717, 1.165) is 36.8 Å². The number of piperidine rings is 1. The van der Waals surface area contributed by atoms with Crippen LogP contribution in [0.15, 0.2) is 67.0 Å². The highest BCUT2D eigenvalue weighted by Gasteiger charge is 2.32. The Kier molecular flexibility index (Phi) is 7.31. The molecule has 9 heteroatoms. The zero-order valence-electron chi connectivity index (χ0n) is 19.1. The van der Waals surface area contributed by atoms with Crippen LogP contribution < -0.4 is 15.8 Å². The van der Waals surface area contributed by atoms with Gasteiger partial charge in [0.15, 0.2) is 0 Å². The second-order valence-corrected chi connectivity index (χ2v) is 8.27. The van der Waals surface area contributed by atoms with Crippen molar-refractivity contribution in [2.75, 3.05) is 16.9 Å². The Balaban J connectivity index is 1.61. The van der Waals surface area contributed by atoms with Gasteiger partial charge in [0.1, 0.15) is 6.33 Å². The molecule has 1 atom stereocenters. The van der Waals surface area contributed by atoms with Crippen LogP contribution >= 0.6 is 0 Å². The number of amides is 1. The summed E-state index contributed by atoms with van der Waals surface area (Å²) < 4.78 is 0. The Morgan fingerprint density at radius 3 is 2.32 bits per heavy atom. The van der Waals surface area contributed by atoms with Crippen LogP contribution in [0.25, 0.3) is 0 Å². The Hall–Kier alpha value is -4.01. The lowest BCUT2D eigenvalue weighted by Gasteiger charge is -2.35. The van der Waals surface area contributed by atoms with E-state index in [0.29, 0.717) is 6.54 Å². The average Bonchev–Trinajstić information content (AvgIpc) is 2.88. The minimum Gasteiger partial charge on any atom is -0.348 e. The lowest BCUT2D eigenvalue weighted by molar-refractivity contribution is -0.383. The largest absolute Gasteiger partial charge is 0.355 e. The van der Waals surface area contributed by atoms with Crippen LogP contribution in [0.4, 0.5) is 17.3 Å². The van der Waals surface area contributed by atoms with Crippen molar-refractivity contribution in [2.45, 2.75) is 44.6 Å². The summed E-state index contributed by atoms with van der Waals surface area (Å²) in [5.74, 6) is -0.701. The van der Waals surface area contributed by atoms with Crippen molar-refractivity contribution in [2.24, 2.45) is 0 Å². The molecule has 0 radical (unpaired) electrons. The lowest BCUT2D eigenvalue weighted by atomic mass is 9.91. The van der Waals surface area contributed by atoms with Crippen LogP contribution in [0.3, 0.4) is 0 Å². The van der Waals surface area contributed by atoms with E-state index in [1.165, 1.54) is 6.33 Å². The zero-order valence-corrected chi connectivity index (χ0v) is 19.1. The van der Waals surface area contributed by atoms with E-state index in [1.54, 1.807) is 0 Å². The highest BCUT2D eigenvalue weighted by molar-refractivity contribution is 5.88. The number of benzene rings is 2. The molecule has 1 fully saturated rings. The first-order valence-corrected chi connectivity index (χ1v) is 11.5. The smallest absolute Gasteiger partial charge is 0.348 e. The number of nitrogens with one attached hydrogen (secondary N) is 2. The summed E-state index contributed by atoms with van der Waals surface area (Å²) in [6.07, 6.45) is 5.18. The maximum absolute atomic E-state index is 13.3. The molecule has 4 rings (SSSR count). The van der Waals surface area contributed by atoms with Crippen LogP contribution in [0.1, 0.15) is 49.7 Å². The molecule has 0 saturated carbocycles. The topological polar surface area (TPSA) is 113 Å². The molecule has 9 nitrogen and oxygen atoms in total. The van der Waals surface area contributed by atoms with Crippen LogP contribution in [0.5, 0.6) is 0 Å². The van der Waals surface area contributed by atoms with Gasteiger partial charge in [0.2, 0.25) is 17.5 Å². The molecule has 1 aliphatic heterocycles. The molecule has 1 unspecified atom stereocenters. The summed E-state index contributed by atoms with van der Waals surface area (Å²) in [6.45, 7) is 2.77. The van der Waals surface area contributed by atoms with Gasteiger partial charge in [-0.25, -0.2) is 9.97 Å². The number of aromatic nitrogens is 2. The van der Waals surface area contributed by atoms with E-state index in [2.05, 4.69) is 27.7 Å². The summed E-state index contributed by atoms with van der Waals surface area (Å²) in [6, 6.07) is 19.0. The standard InChI is InChI=1S/C25H28N6O3/c1-2-20-15-9-10-16-30(20)24-22(31(33)34)23(26-17-27-24)28-29-25(32)21(18-11-5-3-6-12-18)19-13-7-4-8-14-19/h3-8,11-14,17,20-21H,2,9-10,15-16H2,1H3,(H,29,32)(H,26,27,28). The Morgan fingerprint density at radius 2 is 1.74 bits per heavy atom. The van der Waals surface area contributed by atoms with Crippen molar-refractivity contribution in [3.63, 3.8) is 0 Å². The number of nitro groups is 1. The molecular formula is C25H28N6O3. The van der Waals surface area contributed by atoms with Crippen molar-refractivity contribution < 1.29 is 9.72 Å². The molecule has 1 aromatic heterocycles. The van der Waals surface area contributed by atoms with Crippen LogP contribution in [-0.4, -0.2) is 33.4 Å². The predicted molar refractivity (Wildman–Crippen MR) is 130 cm³/mol. The summed E-state index contributed by atoms with van der Waals surface area (Å²) in [7, 11) is 0. The van der Waals surface area contributed by atoms with Crippen LogP contribution in [0.2, 0.25) is 0 Å². The number of carbonyl (C=O) groups is 1. The molecule has 1 saturated heterocycles. The first kappa shape index (κ1) is 23.2. The van der Waals surface area contributed by atoms with Gasteiger partial charge in [0.05, 0.1) is 10.8 Å². The fourth-order valence-corrected chi connectivity index (χ4v) is 4.52. The number of hydrogen-bond donors (Lipinski definition) is 2. The molecule has 2 N–H and O–H groups in total. The number of hydrazine groups is 1. The van der Waals surface area contributed by atoms with E-state index in [9.17, 15) is 14.9 Å². The fourth-order valence-electron chi connectivity index (χ4n) is 4.52. The molecule has 176 valence electrons. The quantitative estimate of drug-likeness (QED) is 0.378. The van der Waals surface area contributed by atoms with Crippen molar-refractivity contribution in [1.82, 2.24) is 15.4 Å². The van der Waals surface area contributed by atoms with Gasteiger partial charge in [-0.2, -0.15) is 0 Å². The van der Waals surface area contributed by atoms with Crippen molar-refractivity contribution in [3.05, 3.63) is 88.2 Å². The average molecular weight is 461 g/mol. The number of rotatable bonds is 8. The Bertz CT molecular complexity index is 1090. The summed E-state index contributed by atoms with van der Waals surface area (Å²) >= 11 is 0. The molecule has 2 aromatic carbocycles. The van der Waals surface area contributed by atoms with Gasteiger partial charge in [0.25, 0.3) is 0 Å². The van der Waals surface area contributed by atoms with Gasteiger partial charge in [-0.05, 0) is 36.8 Å². The molecule has 34 heavy (non-hydrogen) atoms. The second kappa shape index (κ2) is 10.7. The van der Waals surface area contributed by atoms with E-state index in [4.69, 9.17) is 0 Å². The van der Waals surface area contributed by atoms with Crippen LogP contribution in [0, 0.1) is 10.1 Å². The highest BCUT2D eigenvalue weighted by atomic mass is 16.6. The van der Waals surface area contributed by atoms with Gasteiger partial charge >= 0.3 is 5.69 Å². The van der Waals surface area contributed by atoms with Gasteiger partial charge in [0, 0.05) is 12.6 Å². The zero-order chi connectivity index (χ0) is 23.9. The maximum atomic E-state index is 13.3. The van der Waals surface area contributed by atoms with Gasteiger partial charge in [-0.15, -0.1) is 0 Å². The SMILES string of the molecule is CCC1CCCCN1c1ncnc(NNC(=O)C(c2ccccc2)c2ccccc2)c1[N+](=O)[O-]. The van der Waals surface area contributed by atoms with Crippen molar-refractivity contribution in [3.8, 4) is 0 Å². The van der Waals surface area contributed by atoms with E-state index >= 15 is 0 Å². The molecule has 0 spiro atoms. The normalized spacial score (nSPS) is 15.7. The summed E-state index contributed by atoms with van der Waals surface area (Å²) in [5.41, 5.74) is 6.74. The van der Waals surface area contributed by atoms with Crippen LogP contribution in [-0.2, 0) is 4.79 Å². The molecule has 0 bridgehead atoms. The fraction of sp³-hybridized carbons (Fsp3) is 0.320. The first-order valence-electron chi connectivity index (χ1n) is 11.5. The highest BCUT2D eigenvalue weighted by Crippen LogP contribution is 2.35. The third-order valence-electron chi connectivity index (χ3n) is 6.19. The molecule has 3 aromatic rings. The van der Waals surface area contributed by atoms with E-state index in [1.807, 2.05) is 65.6 Å². The van der Waals surface area contributed by atoms with E-state index in [-0.39, 0.29) is 29.3 Å². The molecule has 2 heterocycles. The Labute approximate surface area is 198 Å². The number of carbonyl (C=O) groups excluding carboxylic acids is 1. The second-order valence-electron chi connectivity index (χ2n) is 8.27. The number of anilines is 2. The maximum Gasteiger partial charge on any atom is 0.355 e. The summed E-state index contributed by atoms with van der Waals surface area (Å²) in [4.78, 5) is 35.2. The minimum atomic E-state index is -0.596. The Morgan fingerprint density at radius 1 is 1.09 bits per heavy atom. The first-order chi connectivity index (χ1) is 16.6. The third kappa shape index (κ3) is 4.98. The lowest BCUT2D eigenvalue weighted by Crippen LogP contribution is -2.40. The van der Waals surface area contributed by atoms with Crippen molar-refractivity contribution in [1.29, 1.82) is 0 Å². The van der Waals surface area contributed by atoms with Gasteiger partial charge in [-0.3, -0.25) is 25.8 Å².